The van der Waals surface area contributed by atoms with Crippen LogP contribution in [0.15, 0.2) is 24.3 Å². The molecule has 2 N–H and O–H groups in total. The van der Waals surface area contributed by atoms with Crippen LogP contribution in [-0.2, 0) is 28.7 Å². The lowest BCUT2D eigenvalue weighted by Gasteiger charge is -2.29. The third-order valence-corrected chi connectivity index (χ3v) is 6.56. The summed E-state index contributed by atoms with van der Waals surface area (Å²) in [7, 11) is 0. The molecule has 1 atom stereocenters. The highest BCUT2D eigenvalue weighted by molar-refractivity contribution is 5.48. The van der Waals surface area contributed by atoms with E-state index in [0.717, 1.165) is 59.4 Å². The number of rotatable bonds is 6. The van der Waals surface area contributed by atoms with Gasteiger partial charge in [-0.15, -0.1) is 0 Å². The molecule has 0 saturated carbocycles. The molecular weight excluding hydrogens is 410 g/mol. The van der Waals surface area contributed by atoms with E-state index in [1.165, 1.54) is 0 Å². The summed E-state index contributed by atoms with van der Waals surface area (Å²) >= 11 is 0. The average molecular weight is 454 g/mol. The summed E-state index contributed by atoms with van der Waals surface area (Å²) in [6.07, 6.45) is 2.33. The first-order valence-electron chi connectivity index (χ1n) is 12.3. The second kappa shape index (κ2) is 9.68. The van der Waals surface area contributed by atoms with Crippen LogP contribution in [0.4, 0.5) is 0 Å². The Kier molecular flexibility index (Phi) is 7.50. The van der Waals surface area contributed by atoms with Crippen LogP contribution in [0.1, 0.15) is 87.8 Å². The summed E-state index contributed by atoms with van der Waals surface area (Å²) in [5, 5.41) is 22.3. The Labute approximate surface area is 200 Å². The minimum absolute atomic E-state index is 0.138. The molecule has 1 aliphatic rings. The normalized spacial score (nSPS) is 17.2. The van der Waals surface area contributed by atoms with Gasteiger partial charge in [-0.2, -0.15) is 0 Å². The maximum atomic E-state index is 11.2. The molecule has 1 aliphatic heterocycles. The Morgan fingerprint density at radius 2 is 1.27 bits per heavy atom. The first-order chi connectivity index (χ1) is 15.3. The molecule has 0 amide bonds. The molecular formula is C29H43NO3. The Hall–Kier alpha value is -2.04. The largest absolute Gasteiger partial charge is 0.507 e. The van der Waals surface area contributed by atoms with Gasteiger partial charge in [-0.3, -0.25) is 4.90 Å². The Bertz CT molecular complexity index is 904. The van der Waals surface area contributed by atoms with Crippen LogP contribution < -0.4 is 0 Å². The zero-order valence-corrected chi connectivity index (χ0v) is 21.9. The van der Waals surface area contributed by atoms with E-state index in [0.29, 0.717) is 24.6 Å². The Balaban J connectivity index is 1.98. The summed E-state index contributed by atoms with van der Waals surface area (Å²) in [5.41, 5.74) is 5.84. The molecule has 0 aliphatic carbocycles. The topological polar surface area (TPSA) is 52.9 Å². The van der Waals surface area contributed by atoms with Crippen LogP contribution in [0.25, 0.3) is 0 Å². The van der Waals surface area contributed by atoms with Crippen molar-refractivity contribution in [2.24, 2.45) is 0 Å². The zero-order valence-electron chi connectivity index (χ0n) is 21.9. The predicted molar refractivity (Wildman–Crippen MR) is 136 cm³/mol. The highest BCUT2D eigenvalue weighted by atomic mass is 16.5. The van der Waals surface area contributed by atoms with Crippen molar-refractivity contribution < 1.29 is 14.9 Å². The lowest BCUT2D eigenvalue weighted by Crippen LogP contribution is -2.32. The Morgan fingerprint density at radius 1 is 0.818 bits per heavy atom. The van der Waals surface area contributed by atoms with Crippen LogP contribution >= 0.6 is 0 Å². The smallest absolute Gasteiger partial charge is 0.123 e. The molecule has 0 spiro atoms. The third-order valence-electron chi connectivity index (χ3n) is 6.56. The van der Waals surface area contributed by atoms with Gasteiger partial charge < -0.3 is 14.9 Å². The molecule has 33 heavy (non-hydrogen) atoms. The average Bonchev–Trinajstić information content (AvgIpc) is 3.18. The monoisotopic (exact) mass is 453 g/mol. The lowest BCUT2D eigenvalue weighted by molar-refractivity contribution is 0.0673. The van der Waals surface area contributed by atoms with Crippen molar-refractivity contribution in [1.82, 2.24) is 4.90 Å². The molecule has 0 aromatic heterocycles. The molecule has 3 rings (SSSR count). The predicted octanol–water partition coefficient (Wildman–Crippen LogP) is 6.49. The molecule has 4 heteroatoms. The van der Waals surface area contributed by atoms with Crippen molar-refractivity contribution in [2.75, 3.05) is 13.2 Å². The number of ether oxygens (including phenoxy) is 1. The van der Waals surface area contributed by atoms with Gasteiger partial charge in [0.05, 0.1) is 6.10 Å². The molecule has 0 unspecified atom stereocenters. The highest BCUT2D eigenvalue weighted by Gasteiger charge is 2.26. The number of aryl methyl sites for hydroxylation is 2. The standard InChI is InChI=1S/C29H43NO3/c1-19-12-21(26(31)24(14-19)28(3,4)5)16-30(18-23-10-9-11-33-23)17-22-13-20(2)15-25(27(22)32)29(6,7)8/h12-15,23,31-32H,9-11,16-18H2,1-8H3/t23-/m1/s1. The summed E-state index contributed by atoms with van der Waals surface area (Å²) < 4.78 is 5.96. The first kappa shape index (κ1) is 25.6. The van der Waals surface area contributed by atoms with Crippen molar-refractivity contribution >= 4 is 0 Å². The number of hydrogen-bond donors (Lipinski definition) is 2. The quantitative estimate of drug-likeness (QED) is 0.525. The van der Waals surface area contributed by atoms with Crippen molar-refractivity contribution in [3.63, 3.8) is 0 Å². The molecule has 2 aromatic rings. The van der Waals surface area contributed by atoms with E-state index in [9.17, 15) is 10.2 Å². The first-order valence-corrected chi connectivity index (χ1v) is 12.3. The molecule has 1 saturated heterocycles. The summed E-state index contributed by atoms with van der Waals surface area (Å²) in [6, 6.07) is 8.35. The molecule has 2 aromatic carbocycles. The maximum Gasteiger partial charge on any atom is 0.123 e. The highest BCUT2D eigenvalue weighted by Crippen LogP contribution is 2.37. The van der Waals surface area contributed by atoms with E-state index >= 15 is 0 Å². The SMILES string of the molecule is Cc1cc(CN(Cc2cc(C)cc(C(C)(C)C)c2O)C[C@H]2CCCO2)c(O)c(C(C)(C)C)c1. The van der Waals surface area contributed by atoms with Crippen molar-refractivity contribution in [3.05, 3.63) is 57.6 Å². The van der Waals surface area contributed by atoms with E-state index in [1.807, 2.05) is 0 Å². The van der Waals surface area contributed by atoms with Crippen molar-refractivity contribution in [1.29, 1.82) is 0 Å². The summed E-state index contributed by atoms with van der Waals surface area (Å²) in [6.45, 7) is 19.8. The van der Waals surface area contributed by atoms with Gasteiger partial charge in [0.15, 0.2) is 0 Å². The van der Waals surface area contributed by atoms with Gasteiger partial charge >= 0.3 is 0 Å². The fourth-order valence-electron chi connectivity index (χ4n) is 4.84. The molecule has 1 fully saturated rings. The van der Waals surface area contributed by atoms with E-state index in [-0.39, 0.29) is 16.9 Å². The van der Waals surface area contributed by atoms with Crippen molar-refractivity contribution in [2.45, 2.75) is 98.3 Å². The van der Waals surface area contributed by atoms with Crippen LogP contribution in [0, 0.1) is 13.8 Å². The second-order valence-corrected chi connectivity index (χ2v) is 11.9. The van der Waals surface area contributed by atoms with Crippen molar-refractivity contribution in [3.8, 4) is 11.5 Å². The Morgan fingerprint density at radius 3 is 1.64 bits per heavy atom. The molecule has 182 valence electrons. The summed E-state index contributed by atoms with van der Waals surface area (Å²) in [4.78, 5) is 2.32. The van der Waals surface area contributed by atoms with Gasteiger partial charge in [-0.25, -0.2) is 0 Å². The zero-order chi connectivity index (χ0) is 24.6. The van der Waals surface area contributed by atoms with Crippen LogP contribution in [-0.4, -0.2) is 34.4 Å². The van der Waals surface area contributed by atoms with E-state index in [2.05, 4.69) is 84.6 Å². The van der Waals surface area contributed by atoms with E-state index in [1.54, 1.807) is 0 Å². The fraction of sp³-hybridized carbons (Fsp3) is 0.586. The molecule has 0 radical (unpaired) electrons. The van der Waals surface area contributed by atoms with Gasteiger partial charge in [-0.05, 0) is 48.6 Å². The van der Waals surface area contributed by atoms with Crippen LogP contribution in [0.2, 0.25) is 0 Å². The van der Waals surface area contributed by atoms with Gasteiger partial charge in [0, 0.05) is 37.4 Å². The molecule has 4 nitrogen and oxygen atoms in total. The van der Waals surface area contributed by atoms with Gasteiger partial charge in [0.2, 0.25) is 0 Å². The number of phenolic OH excluding ortho intramolecular Hbond substituents is 2. The van der Waals surface area contributed by atoms with Crippen LogP contribution in [0.5, 0.6) is 11.5 Å². The third kappa shape index (κ3) is 6.30. The molecule has 0 bridgehead atoms. The van der Waals surface area contributed by atoms with Gasteiger partial charge in [0.25, 0.3) is 0 Å². The minimum atomic E-state index is -0.138. The number of nitrogens with zero attached hydrogens (tertiary/aromatic N) is 1. The number of aromatic hydroxyl groups is 2. The fourth-order valence-corrected chi connectivity index (χ4v) is 4.84. The maximum absolute atomic E-state index is 11.2. The lowest BCUT2D eigenvalue weighted by atomic mass is 9.83. The number of phenols is 2. The number of benzene rings is 2. The van der Waals surface area contributed by atoms with Gasteiger partial charge in [0.1, 0.15) is 11.5 Å². The van der Waals surface area contributed by atoms with E-state index < -0.39 is 0 Å². The van der Waals surface area contributed by atoms with Gasteiger partial charge in [-0.1, -0.05) is 76.9 Å². The molecule has 1 heterocycles. The number of hydrogen-bond acceptors (Lipinski definition) is 4. The second-order valence-electron chi connectivity index (χ2n) is 11.9. The van der Waals surface area contributed by atoms with E-state index in [4.69, 9.17) is 4.74 Å². The van der Waals surface area contributed by atoms with Crippen LogP contribution in [0.3, 0.4) is 0 Å². The minimum Gasteiger partial charge on any atom is -0.507 e. The summed E-state index contributed by atoms with van der Waals surface area (Å²) in [5.74, 6) is 0.767.